The normalized spacial score (nSPS) is 14.0. The number of carbonyl (C=O) groups excluding carboxylic acids is 1. The highest BCUT2D eigenvalue weighted by molar-refractivity contribution is 5.76. The molecule has 0 bridgehead atoms. The second-order valence-corrected chi connectivity index (χ2v) is 13.3. The third-order valence-electron chi connectivity index (χ3n) is 8.63. The van der Waals surface area contributed by atoms with Crippen LogP contribution in [0.15, 0.2) is 85.1 Å². The lowest BCUT2D eigenvalue weighted by atomic mass is 10.0. The maximum atomic E-state index is 12.3. The second-order valence-electron chi connectivity index (χ2n) is 13.3. The van der Waals surface area contributed by atoms with Crippen LogP contribution >= 0.6 is 0 Å². The van der Waals surface area contributed by atoms with Gasteiger partial charge in [0.25, 0.3) is 0 Å². The minimum atomic E-state index is -0.862. The van der Waals surface area contributed by atoms with Gasteiger partial charge in [-0.1, -0.05) is 182 Å². The zero-order valence-corrected chi connectivity index (χ0v) is 31.9. The molecular formula is C45H77NO3. The Morgan fingerprint density at radius 3 is 1.35 bits per heavy atom. The molecule has 0 aliphatic heterocycles. The second kappa shape index (κ2) is 40.0. The van der Waals surface area contributed by atoms with Crippen LogP contribution in [0, 0.1) is 0 Å². The molecule has 2 atom stereocenters. The molecule has 280 valence electrons. The van der Waals surface area contributed by atoms with Crippen LogP contribution in [0.1, 0.15) is 174 Å². The first-order chi connectivity index (χ1) is 24.2. The molecule has 0 radical (unpaired) electrons. The summed E-state index contributed by atoms with van der Waals surface area (Å²) in [5.41, 5.74) is 0. The summed E-state index contributed by atoms with van der Waals surface area (Å²) in [6, 6.07) is -0.650. The summed E-state index contributed by atoms with van der Waals surface area (Å²) in [5, 5.41) is 22.9. The smallest absolute Gasteiger partial charge is 0.220 e. The Balaban J connectivity index is 3.75. The summed E-state index contributed by atoms with van der Waals surface area (Å²) >= 11 is 0. The molecule has 4 nitrogen and oxygen atoms in total. The first-order valence-electron chi connectivity index (χ1n) is 20.3. The van der Waals surface area contributed by atoms with Crippen LogP contribution in [0.2, 0.25) is 0 Å². The zero-order chi connectivity index (χ0) is 35.7. The molecule has 1 amide bonds. The standard InChI is InChI=1S/C45H77NO3/c1-3-5-7-9-11-13-15-17-19-21-22-23-24-25-27-29-31-33-35-37-39-41-45(49)46-43(42-47)44(48)40-38-36-34-32-30-28-26-20-18-16-14-12-10-8-6-4-2/h5,7,11,13,17,19,22-23,25,27,31,33,38,40,43-44,47-48H,3-4,6,8-10,12,14-16,18,20-21,24,26,28-30,32,34-37,39,41-42H2,1-2H3,(H,46,49)/b7-5-,13-11-,19-17-,23-22-,27-25-,33-31-,40-38+. The molecule has 0 fully saturated rings. The minimum absolute atomic E-state index is 0.110. The third-order valence-corrected chi connectivity index (χ3v) is 8.63. The molecule has 0 saturated carbocycles. The Labute approximate surface area is 303 Å². The average molecular weight is 680 g/mol. The predicted octanol–water partition coefficient (Wildman–Crippen LogP) is 12.5. The van der Waals surface area contributed by atoms with Crippen LogP contribution in [0.25, 0.3) is 0 Å². The fourth-order valence-corrected chi connectivity index (χ4v) is 5.53. The van der Waals surface area contributed by atoms with Crippen molar-refractivity contribution in [2.45, 2.75) is 187 Å². The van der Waals surface area contributed by atoms with Crippen molar-refractivity contribution in [1.82, 2.24) is 5.32 Å². The van der Waals surface area contributed by atoms with Crippen LogP contribution in [0.4, 0.5) is 0 Å². The number of carbonyl (C=O) groups is 1. The van der Waals surface area contributed by atoms with Gasteiger partial charge in [0.1, 0.15) is 0 Å². The number of allylic oxidation sites excluding steroid dienone is 13. The molecule has 0 aromatic carbocycles. The lowest BCUT2D eigenvalue weighted by Crippen LogP contribution is -2.45. The van der Waals surface area contributed by atoms with E-state index in [1.54, 1.807) is 6.08 Å². The van der Waals surface area contributed by atoms with Gasteiger partial charge < -0.3 is 15.5 Å². The summed E-state index contributed by atoms with van der Waals surface area (Å²) in [5.74, 6) is -0.110. The van der Waals surface area contributed by atoms with Crippen LogP contribution in [0.5, 0.6) is 0 Å². The summed E-state index contributed by atoms with van der Waals surface area (Å²) < 4.78 is 0. The van der Waals surface area contributed by atoms with Crippen molar-refractivity contribution < 1.29 is 15.0 Å². The molecular weight excluding hydrogens is 602 g/mol. The number of hydrogen-bond donors (Lipinski definition) is 3. The van der Waals surface area contributed by atoms with E-state index in [1.165, 1.54) is 83.5 Å². The minimum Gasteiger partial charge on any atom is -0.394 e. The van der Waals surface area contributed by atoms with Gasteiger partial charge in [-0.3, -0.25) is 4.79 Å². The van der Waals surface area contributed by atoms with Crippen molar-refractivity contribution in [3.8, 4) is 0 Å². The molecule has 0 aliphatic rings. The van der Waals surface area contributed by atoms with E-state index in [2.05, 4.69) is 92.1 Å². The van der Waals surface area contributed by atoms with Crippen molar-refractivity contribution in [1.29, 1.82) is 0 Å². The SMILES string of the molecule is CC/C=C\C/C=C\C/C=C\C/C=C\C/C=C\C/C=C\CCCCC(=O)NC(CO)C(O)/C=C/CCCCCCCCCCCCCCCC. The first kappa shape index (κ1) is 46.6. The van der Waals surface area contributed by atoms with Gasteiger partial charge in [0.2, 0.25) is 5.91 Å². The fraction of sp³-hybridized carbons (Fsp3) is 0.667. The number of hydrogen-bond acceptors (Lipinski definition) is 3. The van der Waals surface area contributed by atoms with E-state index in [-0.39, 0.29) is 12.5 Å². The molecule has 0 aromatic rings. The molecule has 0 aliphatic carbocycles. The van der Waals surface area contributed by atoms with Crippen LogP contribution < -0.4 is 5.32 Å². The van der Waals surface area contributed by atoms with Crippen LogP contribution in [-0.2, 0) is 4.79 Å². The molecule has 2 unspecified atom stereocenters. The molecule has 49 heavy (non-hydrogen) atoms. The molecule has 4 heteroatoms. The summed E-state index contributed by atoms with van der Waals surface area (Å²) in [7, 11) is 0. The van der Waals surface area contributed by atoms with Crippen molar-refractivity contribution in [3.63, 3.8) is 0 Å². The van der Waals surface area contributed by atoms with Gasteiger partial charge in [0.15, 0.2) is 0 Å². The maximum absolute atomic E-state index is 12.3. The van der Waals surface area contributed by atoms with Gasteiger partial charge in [-0.25, -0.2) is 0 Å². The van der Waals surface area contributed by atoms with Gasteiger partial charge in [0, 0.05) is 6.42 Å². The van der Waals surface area contributed by atoms with E-state index in [9.17, 15) is 15.0 Å². The summed E-state index contributed by atoms with van der Waals surface area (Å²) in [6.07, 6.45) is 58.2. The highest BCUT2D eigenvalue weighted by atomic mass is 16.3. The van der Waals surface area contributed by atoms with Crippen molar-refractivity contribution in [3.05, 3.63) is 85.1 Å². The monoisotopic (exact) mass is 680 g/mol. The largest absolute Gasteiger partial charge is 0.394 e. The Kier molecular flexibility index (Phi) is 38.0. The van der Waals surface area contributed by atoms with Crippen LogP contribution in [0.3, 0.4) is 0 Å². The van der Waals surface area contributed by atoms with E-state index in [4.69, 9.17) is 0 Å². The topological polar surface area (TPSA) is 69.6 Å². The van der Waals surface area contributed by atoms with Crippen LogP contribution in [-0.4, -0.2) is 34.9 Å². The molecule has 0 saturated heterocycles. The van der Waals surface area contributed by atoms with Gasteiger partial charge in [-0.15, -0.1) is 0 Å². The summed E-state index contributed by atoms with van der Waals surface area (Å²) in [4.78, 5) is 12.3. The first-order valence-corrected chi connectivity index (χ1v) is 20.3. The maximum Gasteiger partial charge on any atom is 0.220 e. The van der Waals surface area contributed by atoms with Gasteiger partial charge in [-0.05, 0) is 70.6 Å². The molecule has 0 heterocycles. The zero-order valence-electron chi connectivity index (χ0n) is 31.9. The number of amides is 1. The van der Waals surface area contributed by atoms with E-state index < -0.39 is 12.1 Å². The number of rotatable bonds is 35. The number of nitrogens with one attached hydrogen (secondary N) is 1. The Hall–Kier alpha value is -2.43. The van der Waals surface area contributed by atoms with E-state index in [1.807, 2.05) is 6.08 Å². The number of unbranched alkanes of at least 4 members (excludes halogenated alkanes) is 16. The highest BCUT2D eigenvalue weighted by Crippen LogP contribution is 2.14. The van der Waals surface area contributed by atoms with Crippen molar-refractivity contribution in [2.75, 3.05) is 6.61 Å². The lowest BCUT2D eigenvalue weighted by Gasteiger charge is -2.19. The molecule has 3 N–H and O–H groups in total. The summed E-state index contributed by atoms with van der Waals surface area (Å²) in [6.45, 7) is 4.16. The Morgan fingerprint density at radius 1 is 0.510 bits per heavy atom. The van der Waals surface area contributed by atoms with Gasteiger partial charge >= 0.3 is 0 Å². The van der Waals surface area contributed by atoms with E-state index in [0.717, 1.165) is 70.6 Å². The molecule has 0 rings (SSSR count). The highest BCUT2D eigenvalue weighted by Gasteiger charge is 2.17. The Morgan fingerprint density at radius 2 is 0.898 bits per heavy atom. The average Bonchev–Trinajstić information content (AvgIpc) is 3.10. The predicted molar refractivity (Wildman–Crippen MR) is 216 cm³/mol. The third kappa shape index (κ3) is 36.7. The molecule has 0 spiro atoms. The number of aliphatic hydroxyl groups is 2. The van der Waals surface area contributed by atoms with Gasteiger partial charge in [-0.2, -0.15) is 0 Å². The van der Waals surface area contributed by atoms with E-state index in [0.29, 0.717) is 6.42 Å². The lowest BCUT2D eigenvalue weighted by molar-refractivity contribution is -0.123. The Bertz CT molecular complexity index is 910. The number of aliphatic hydroxyl groups excluding tert-OH is 2. The fourth-order valence-electron chi connectivity index (χ4n) is 5.53. The van der Waals surface area contributed by atoms with Gasteiger partial charge in [0.05, 0.1) is 18.8 Å². The van der Waals surface area contributed by atoms with Crippen molar-refractivity contribution >= 4 is 5.91 Å². The molecule has 0 aromatic heterocycles. The quantitative estimate of drug-likeness (QED) is 0.0461. The van der Waals surface area contributed by atoms with E-state index >= 15 is 0 Å². The van der Waals surface area contributed by atoms with Crippen molar-refractivity contribution in [2.24, 2.45) is 0 Å².